The van der Waals surface area contributed by atoms with E-state index in [9.17, 15) is 18.4 Å². The van der Waals surface area contributed by atoms with Gasteiger partial charge in [0.15, 0.2) is 11.5 Å². The highest BCUT2D eigenvalue weighted by Crippen LogP contribution is 2.37. The van der Waals surface area contributed by atoms with E-state index in [1.807, 2.05) is 6.07 Å². The molecule has 182 valence electrons. The Balaban J connectivity index is 0.00000274. The largest absolute Gasteiger partial charge is 0.489 e. The maximum atomic E-state index is 12.8. The molecular formula is C24H26ClF2N3O4. The summed E-state index contributed by atoms with van der Waals surface area (Å²) < 4.78 is 35.9. The number of halogens is 3. The molecule has 5 rings (SSSR count). The van der Waals surface area contributed by atoms with E-state index in [0.717, 1.165) is 24.0 Å². The molecule has 2 aromatic carbocycles. The smallest absolute Gasteiger partial charge is 0.387 e. The van der Waals surface area contributed by atoms with Crippen LogP contribution in [0.2, 0.25) is 0 Å². The highest BCUT2D eigenvalue weighted by atomic mass is 35.5. The molecule has 3 N–H and O–H groups in total. The summed E-state index contributed by atoms with van der Waals surface area (Å²) >= 11 is 0. The van der Waals surface area contributed by atoms with Gasteiger partial charge in [0.1, 0.15) is 0 Å². The van der Waals surface area contributed by atoms with Gasteiger partial charge in [0.25, 0.3) is 5.91 Å². The van der Waals surface area contributed by atoms with E-state index in [-0.39, 0.29) is 35.9 Å². The first-order valence-corrected chi connectivity index (χ1v) is 11.1. The van der Waals surface area contributed by atoms with Gasteiger partial charge >= 0.3 is 6.61 Å². The fraction of sp³-hybridized carbons (Fsp3) is 0.417. The number of nitrogens with one attached hydrogen (secondary N) is 3. The lowest BCUT2D eigenvalue weighted by molar-refractivity contribution is -0.117. The third-order valence-corrected chi connectivity index (χ3v) is 6.33. The first-order chi connectivity index (χ1) is 16.0. The average molecular weight is 494 g/mol. The summed E-state index contributed by atoms with van der Waals surface area (Å²) in [7, 11) is 0. The Bertz CT molecular complexity index is 1080. The minimum atomic E-state index is -2.92. The van der Waals surface area contributed by atoms with E-state index >= 15 is 0 Å². The van der Waals surface area contributed by atoms with Crippen LogP contribution in [0.3, 0.4) is 0 Å². The van der Waals surface area contributed by atoms with Gasteiger partial charge in [-0.3, -0.25) is 9.59 Å². The average Bonchev–Trinajstić information content (AvgIpc) is 3.36. The van der Waals surface area contributed by atoms with Crippen LogP contribution >= 0.6 is 12.4 Å². The summed E-state index contributed by atoms with van der Waals surface area (Å²) in [5.41, 5.74) is 3.04. The van der Waals surface area contributed by atoms with E-state index in [1.54, 1.807) is 24.3 Å². The number of hydrogen-bond acceptors (Lipinski definition) is 5. The number of fused-ring (bicyclic) bond motifs is 1. The highest BCUT2D eigenvalue weighted by Gasteiger charge is 2.31. The number of ether oxygens (including phenoxy) is 2. The topological polar surface area (TPSA) is 88.7 Å². The first-order valence-electron chi connectivity index (χ1n) is 11.1. The molecule has 2 amide bonds. The number of carbonyl (C=O) groups excluding carboxylic acids is 2. The second kappa shape index (κ2) is 10.1. The van der Waals surface area contributed by atoms with Crippen molar-refractivity contribution in [3.63, 3.8) is 0 Å². The summed E-state index contributed by atoms with van der Waals surface area (Å²) in [6, 6.07) is 9.86. The molecule has 1 saturated heterocycles. The van der Waals surface area contributed by atoms with Crippen LogP contribution in [0.25, 0.3) is 0 Å². The van der Waals surface area contributed by atoms with Crippen LogP contribution in [0.5, 0.6) is 11.5 Å². The normalized spacial score (nSPS) is 21.0. The molecule has 0 spiro atoms. The number of carbonyl (C=O) groups is 2. The quantitative estimate of drug-likeness (QED) is 0.520. The van der Waals surface area contributed by atoms with Crippen molar-refractivity contribution in [2.45, 2.75) is 44.4 Å². The molecule has 10 heteroatoms. The van der Waals surface area contributed by atoms with Crippen LogP contribution in [-0.2, 0) is 11.3 Å². The van der Waals surface area contributed by atoms with Crippen molar-refractivity contribution in [1.82, 2.24) is 10.6 Å². The molecule has 7 nitrogen and oxygen atoms in total. The minimum absolute atomic E-state index is 0. The second-order valence-electron chi connectivity index (χ2n) is 8.78. The van der Waals surface area contributed by atoms with Crippen LogP contribution < -0.4 is 25.4 Å². The monoisotopic (exact) mass is 493 g/mol. The van der Waals surface area contributed by atoms with Crippen molar-refractivity contribution < 1.29 is 27.8 Å². The van der Waals surface area contributed by atoms with Crippen LogP contribution in [0, 0.1) is 5.92 Å². The Morgan fingerprint density at radius 2 is 1.97 bits per heavy atom. The van der Waals surface area contributed by atoms with E-state index in [4.69, 9.17) is 4.74 Å². The van der Waals surface area contributed by atoms with Gasteiger partial charge in [0.2, 0.25) is 5.91 Å². The molecule has 2 aliphatic heterocycles. The highest BCUT2D eigenvalue weighted by molar-refractivity contribution is 6.00. The maximum absolute atomic E-state index is 12.8. The van der Waals surface area contributed by atoms with Gasteiger partial charge in [-0.2, -0.15) is 8.78 Å². The van der Waals surface area contributed by atoms with Crippen molar-refractivity contribution in [2.75, 3.05) is 18.5 Å². The summed E-state index contributed by atoms with van der Waals surface area (Å²) in [6.07, 6.45) is 2.74. The standard InChI is InChI=1S/C24H25F2N3O4.ClH/c25-24(26)33-20-6-3-14(9-21(20)32-12-13-1-2-13)15-8-19(27-10-15)23(31)29-17-4-5-18-16(7-17)11-28-22(18)30;/h3-7,9,13,15,19,24,27H,1-2,8,10-12H2,(H,28,30)(H,29,31);1H/t15-,19+;/m0./s1. The SMILES string of the molecule is Cl.O=C1NCc2cc(NC(=O)[C@H]3C[C@H](c4ccc(OC(F)F)c(OCC5CC5)c4)CN3)ccc21. The fourth-order valence-electron chi connectivity index (χ4n) is 4.31. The Kier molecular flexibility index (Phi) is 7.23. The van der Waals surface area contributed by atoms with E-state index in [0.29, 0.717) is 49.0 Å². The molecule has 34 heavy (non-hydrogen) atoms. The van der Waals surface area contributed by atoms with Gasteiger partial charge in [0.05, 0.1) is 12.6 Å². The summed E-state index contributed by atoms with van der Waals surface area (Å²) in [6.45, 7) is -1.40. The summed E-state index contributed by atoms with van der Waals surface area (Å²) in [5.74, 6) is 0.591. The van der Waals surface area contributed by atoms with Crippen molar-refractivity contribution in [1.29, 1.82) is 0 Å². The number of alkyl halides is 2. The van der Waals surface area contributed by atoms with Crippen LogP contribution in [0.15, 0.2) is 36.4 Å². The Hall–Kier alpha value is -2.91. The van der Waals surface area contributed by atoms with Gasteiger partial charge in [-0.05, 0) is 72.6 Å². The van der Waals surface area contributed by atoms with Gasteiger partial charge < -0.3 is 25.4 Å². The summed E-state index contributed by atoms with van der Waals surface area (Å²) in [4.78, 5) is 24.5. The second-order valence-corrected chi connectivity index (χ2v) is 8.78. The molecule has 0 unspecified atom stereocenters. The first kappa shape index (κ1) is 24.2. The number of amides is 2. The number of hydrogen-bond donors (Lipinski definition) is 3. The summed E-state index contributed by atoms with van der Waals surface area (Å²) in [5, 5.41) is 8.91. The van der Waals surface area contributed by atoms with Crippen molar-refractivity contribution in [3.8, 4) is 11.5 Å². The van der Waals surface area contributed by atoms with Gasteiger partial charge in [-0.25, -0.2) is 0 Å². The molecule has 0 bridgehead atoms. The van der Waals surface area contributed by atoms with Gasteiger partial charge in [-0.1, -0.05) is 6.07 Å². The van der Waals surface area contributed by atoms with Gasteiger partial charge in [-0.15, -0.1) is 12.4 Å². The molecule has 2 heterocycles. The molecule has 2 aromatic rings. The number of benzene rings is 2. The van der Waals surface area contributed by atoms with Crippen molar-refractivity contribution >= 4 is 29.9 Å². The van der Waals surface area contributed by atoms with Crippen LogP contribution in [0.1, 0.15) is 46.7 Å². The lowest BCUT2D eigenvalue weighted by atomic mass is 9.95. The Labute approximate surface area is 202 Å². The van der Waals surface area contributed by atoms with E-state index < -0.39 is 12.7 Å². The Morgan fingerprint density at radius 1 is 1.15 bits per heavy atom. The molecule has 0 radical (unpaired) electrons. The van der Waals surface area contributed by atoms with Crippen molar-refractivity contribution in [3.05, 3.63) is 53.1 Å². The molecular weight excluding hydrogens is 468 g/mol. The van der Waals surface area contributed by atoms with E-state index in [2.05, 4.69) is 20.7 Å². The molecule has 0 aromatic heterocycles. The zero-order chi connectivity index (χ0) is 22.9. The molecule has 1 saturated carbocycles. The Morgan fingerprint density at radius 3 is 2.74 bits per heavy atom. The van der Waals surface area contributed by atoms with E-state index in [1.165, 1.54) is 6.07 Å². The number of anilines is 1. The molecule has 2 atom stereocenters. The predicted octanol–water partition coefficient (Wildman–Crippen LogP) is 3.83. The zero-order valence-electron chi connectivity index (χ0n) is 18.3. The lowest BCUT2D eigenvalue weighted by Crippen LogP contribution is -2.35. The minimum Gasteiger partial charge on any atom is -0.489 e. The van der Waals surface area contributed by atoms with Crippen molar-refractivity contribution in [2.24, 2.45) is 5.92 Å². The number of rotatable bonds is 8. The fourth-order valence-corrected chi connectivity index (χ4v) is 4.31. The zero-order valence-corrected chi connectivity index (χ0v) is 19.1. The van der Waals surface area contributed by atoms with Crippen LogP contribution in [0.4, 0.5) is 14.5 Å². The third-order valence-electron chi connectivity index (χ3n) is 6.33. The maximum Gasteiger partial charge on any atom is 0.387 e. The molecule has 3 aliphatic rings. The van der Waals surface area contributed by atoms with Gasteiger partial charge in [0, 0.05) is 24.3 Å². The molecule has 1 aliphatic carbocycles. The molecule has 2 fully saturated rings. The predicted molar refractivity (Wildman–Crippen MR) is 124 cm³/mol. The third kappa shape index (κ3) is 5.42. The lowest BCUT2D eigenvalue weighted by Gasteiger charge is -2.16. The van der Waals surface area contributed by atoms with Crippen LogP contribution in [-0.4, -0.2) is 37.6 Å².